The van der Waals surface area contributed by atoms with Crippen LogP contribution in [0.3, 0.4) is 0 Å². The highest BCUT2D eigenvalue weighted by Gasteiger charge is 2.14. The zero-order valence-electron chi connectivity index (χ0n) is 11.1. The van der Waals surface area contributed by atoms with Crippen molar-refractivity contribution in [1.29, 1.82) is 0 Å². The summed E-state index contributed by atoms with van der Waals surface area (Å²) in [7, 11) is 0. The maximum atomic E-state index is 13.1. The number of hydrogen-bond acceptors (Lipinski definition) is 3. The van der Waals surface area contributed by atoms with Gasteiger partial charge in [-0.3, -0.25) is 0 Å². The first-order chi connectivity index (χ1) is 9.56. The van der Waals surface area contributed by atoms with Gasteiger partial charge in [0.2, 0.25) is 0 Å². The van der Waals surface area contributed by atoms with Crippen LogP contribution < -0.4 is 5.32 Å². The summed E-state index contributed by atoms with van der Waals surface area (Å²) in [6.07, 6.45) is 1.48. The monoisotopic (exact) mass is 341 g/mol. The summed E-state index contributed by atoms with van der Waals surface area (Å²) in [5, 5.41) is 13.3. The minimum absolute atomic E-state index is 0.110. The normalized spacial score (nSPS) is 14.2. The molecular weight excluding hydrogens is 325 g/mol. The second kappa shape index (κ2) is 7.02. The van der Waals surface area contributed by atoms with E-state index < -0.39 is 6.10 Å². The van der Waals surface area contributed by atoms with Crippen LogP contribution in [-0.4, -0.2) is 11.1 Å². The highest BCUT2D eigenvalue weighted by Crippen LogP contribution is 2.19. The SMILES string of the molecule is CC(CC(O)c1ccco1)NCc1ccc(F)c(Br)c1. The largest absolute Gasteiger partial charge is 0.467 e. The Morgan fingerprint density at radius 3 is 2.85 bits per heavy atom. The van der Waals surface area contributed by atoms with Crippen molar-refractivity contribution < 1.29 is 13.9 Å². The summed E-state index contributed by atoms with van der Waals surface area (Å²) >= 11 is 3.16. The van der Waals surface area contributed by atoms with Gasteiger partial charge in [0.05, 0.1) is 10.7 Å². The molecule has 3 nitrogen and oxygen atoms in total. The van der Waals surface area contributed by atoms with Gasteiger partial charge in [0.25, 0.3) is 0 Å². The number of furan rings is 1. The number of aliphatic hydroxyl groups excluding tert-OH is 1. The van der Waals surface area contributed by atoms with E-state index in [1.54, 1.807) is 30.5 Å². The van der Waals surface area contributed by atoms with Gasteiger partial charge in [-0.05, 0) is 59.1 Å². The van der Waals surface area contributed by atoms with E-state index in [-0.39, 0.29) is 11.9 Å². The summed E-state index contributed by atoms with van der Waals surface area (Å²) in [5.74, 6) is 0.304. The number of hydrogen-bond donors (Lipinski definition) is 2. The second-order valence-corrected chi connectivity index (χ2v) is 5.65. The Morgan fingerprint density at radius 1 is 1.40 bits per heavy atom. The van der Waals surface area contributed by atoms with Gasteiger partial charge in [-0.25, -0.2) is 4.39 Å². The van der Waals surface area contributed by atoms with E-state index in [4.69, 9.17) is 4.42 Å². The molecule has 0 bridgehead atoms. The molecule has 0 saturated carbocycles. The van der Waals surface area contributed by atoms with E-state index in [0.29, 0.717) is 23.2 Å². The average Bonchev–Trinajstić information content (AvgIpc) is 2.94. The van der Waals surface area contributed by atoms with Crippen LogP contribution in [0.1, 0.15) is 30.8 Å². The smallest absolute Gasteiger partial charge is 0.137 e. The molecule has 1 aromatic carbocycles. The first-order valence-electron chi connectivity index (χ1n) is 6.45. The fraction of sp³-hybridized carbons (Fsp3) is 0.333. The van der Waals surface area contributed by atoms with E-state index in [1.165, 1.54) is 6.07 Å². The molecule has 0 aliphatic rings. The van der Waals surface area contributed by atoms with Gasteiger partial charge in [-0.15, -0.1) is 0 Å². The Hall–Kier alpha value is -1.17. The molecule has 2 atom stereocenters. The standard InChI is InChI=1S/C15H17BrFNO2/c1-10(7-14(19)15-3-2-6-20-15)18-9-11-4-5-13(17)12(16)8-11/h2-6,8,10,14,18-19H,7,9H2,1H3. The van der Waals surface area contributed by atoms with Gasteiger partial charge in [0.15, 0.2) is 0 Å². The van der Waals surface area contributed by atoms with E-state index >= 15 is 0 Å². The molecule has 0 radical (unpaired) electrons. The van der Waals surface area contributed by atoms with Crippen LogP contribution >= 0.6 is 15.9 Å². The van der Waals surface area contributed by atoms with Crippen LogP contribution in [0.15, 0.2) is 45.5 Å². The van der Waals surface area contributed by atoms with Gasteiger partial charge in [0.1, 0.15) is 17.7 Å². The van der Waals surface area contributed by atoms with Gasteiger partial charge in [0, 0.05) is 12.6 Å². The number of aliphatic hydroxyl groups is 1. The van der Waals surface area contributed by atoms with Crippen LogP contribution in [0.5, 0.6) is 0 Å². The first kappa shape index (κ1) is 15.2. The molecule has 2 rings (SSSR count). The maximum Gasteiger partial charge on any atom is 0.137 e. The van der Waals surface area contributed by atoms with Crippen LogP contribution in [0.4, 0.5) is 4.39 Å². The third-order valence-corrected chi connectivity index (χ3v) is 3.69. The van der Waals surface area contributed by atoms with E-state index in [2.05, 4.69) is 21.2 Å². The molecule has 20 heavy (non-hydrogen) atoms. The molecule has 5 heteroatoms. The van der Waals surface area contributed by atoms with Crippen LogP contribution in [0, 0.1) is 5.82 Å². The minimum atomic E-state index is -0.618. The zero-order valence-corrected chi connectivity index (χ0v) is 12.7. The Kier molecular flexibility index (Phi) is 5.34. The van der Waals surface area contributed by atoms with Crippen molar-refractivity contribution in [2.45, 2.75) is 32.0 Å². The third-order valence-electron chi connectivity index (χ3n) is 3.09. The summed E-state index contributed by atoms with van der Waals surface area (Å²) < 4.78 is 18.7. The Bertz CT molecular complexity index is 545. The van der Waals surface area contributed by atoms with E-state index in [9.17, 15) is 9.50 Å². The molecule has 0 spiro atoms. The lowest BCUT2D eigenvalue weighted by atomic mass is 10.1. The molecule has 108 valence electrons. The van der Waals surface area contributed by atoms with E-state index in [1.807, 2.05) is 6.92 Å². The number of nitrogens with one attached hydrogen (secondary N) is 1. The predicted octanol–water partition coefficient (Wildman–Crippen LogP) is 3.78. The van der Waals surface area contributed by atoms with Crippen molar-refractivity contribution in [1.82, 2.24) is 5.32 Å². The molecule has 2 N–H and O–H groups in total. The molecule has 1 heterocycles. The molecule has 0 aliphatic heterocycles. The van der Waals surface area contributed by atoms with Gasteiger partial charge in [-0.1, -0.05) is 6.07 Å². The van der Waals surface area contributed by atoms with E-state index in [0.717, 1.165) is 5.56 Å². The summed E-state index contributed by atoms with van der Waals surface area (Å²) in [5.41, 5.74) is 0.984. The number of rotatable bonds is 6. The second-order valence-electron chi connectivity index (χ2n) is 4.80. The molecule has 0 amide bonds. The molecular formula is C15H17BrFNO2. The average molecular weight is 342 g/mol. The quantitative estimate of drug-likeness (QED) is 0.840. The Labute approximate surface area is 125 Å². The number of benzene rings is 1. The lowest BCUT2D eigenvalue weighted by molar-refractivity contribution is 0.128. The highest BCUT2D eigenvalue weighted by molar-refractivity contribution is 9.10. The van der Waals surface area contributed by atoms with Gasteiger partial charge >= 0.3 is 0 Å². The van der Waals surface area contributed by atoms with Crippen molar-refractivity contribution in [2.75, 3.05) is 0 Å². The molecule has 1 aromatic heterocycles. The molecule has 0 fully saturated rings. The summed E-state index contributed by atoms with van der Waals surface area (Å²) in [6, 6.07) is 8.55. The molecule has 2 aromatic rings. The van der Waals surface area contributed by atoms with Crippen LogP contribution in [0.2, 0.25) is 0 Å². The van der Waals surface area contributed by atoms with Crippen molar-refractivity contribution in [2.24, 2.45) is 0 Å². The predicted molar refractivity (Wildman–Crippen MR) is 78.7 cm³/mol. The van der Waals surface area contributed by atoms with Crippen molar-refractivity contribution in [3.8, 4) is 0 Å². The Balaban J connectivity index is 1.82. The van der Waals surface area contributed by atoms with Gasteiger partial charge in [-0.2, -0.15) is 0 Å². The van der Waals surface area contributed by atoms with Gasteiger partial charge < -0.3 is 14.8 Å². The molecule has 0 saturated heterocycles. The third kappa shape index (κ3) is 4.16. The fourth-order valence-corrected chi connectivity index (χ4v) is 2.38. The van der Waals surface area contributed by atoms with Crippen LogP contribution in [0.25, 0.3) is 0 Å². The lowest BCUT2D eigenvalue weighted by Crippen LogP contribution is -2.27. The topological polar surface area (TPSA) is 45.4 Å². The van der Waals surface area contributed by atoms with Crippen molar-refractivity contribution in [3.63, 3.8) is 0 Å². The highest BCUT2D eigenvalue weighted by atomic mass is 79.9. The molecule has 0 aliphatic carbocycles. The number of halogens is 2. The zero-order chi connectivity index (χ0) is 14.5. The van der Waals surface area contributed by atoms with Crippen molar-refractivity contribution in [3.05, 3.63) is 58.2 Å². The fourth-order valence-electron chi connectivity index (χ4n) is 1.96. The Morgan fingerprint density at radius 2 is 2.20 bits per heavy atom. The van der Waals surface area contributed by atoms with Crippen molar-refractivity contribution >= 4 is 15.9 Å². The first-order valence-corrected chi connectivity index (χ1v) is 7.24. The summed E-state index contributed by atoms with van der Waals surface area (Å²) in [6.45, 7) is 2.61. The maximum absolute atomic E-state index is 13.1. The summed E-state index contributed by atoms with van der Waals surface area (Å²) in [4.78, 5) is 0. The molecule has 2 unspecified atom stereocenters. The minimum Gasteiger partial charge on any atom is -0.467 e. The lowest BCUT2D eigenvalue weighted by Gasteiger charge is -2.17. The van der Waals surface area contributed by atoms with Crippen LogP contribution in [-0.2, 0) is 6.54 Å².